The van der Waals surface area contributed by atoms with Gasteiger partial charge in [0, 0.05) is 11.8 Å². The Morgan fingerprint density at radius 3 is 2.00 bits per heavy atom. The molecule has 0 spiro atoms. The Kier molecular flexibility index (Phi) is 6.96. The quantitative estimate of drug-likeness (QED) is 0.689. The fourth-order valence-electron chi connectivity index (χ4n) is 1.04. The minimum absolute atomic E-state index is 0.675. The van der Waals surface area contributed by atoms with E-state index in [-0.39, 0.29) is 0 Å². The highest BCUT2D eigenvalue weighted by Crippen LogP contribution is 2.12. The molecule has 0 aromatic heterocycles. The second kappa shape index (κ2) is 6.79. The molecule has 2 heteroatoms. The highest BCUT2D eigenvalue weighted by atomic mass is 32.2. The van der Waals surface area contributed by atoms with Crippen LogP contribution in [0.2, 0.25) is 0 Å². The van der Waals surface area contributed by atoms with Crippen molar-refractivity contribution in [2.24, 2.45) is 11.8 Å². The topological polar surface area (TPSA) is 12.0 Å². The molecule has 74 valence electrons. The highest BCUT2D eigenvalue weighted by Gasteiger charge is 2.10. The maximum atomic E-state index is 3.35. The zero-order valence-electron chi connectivity index (χ0n) is 9.05. The van der Waals surface area contributed by atoms with Crippen molar-refractivity contribution in [3.63, 3.8) is 0 Å². The molecule has 0 saturated carbocycles. The first kappa shape index (κ1) is 12.3. The number of hydrogen-bond donors (Lipinski definition) is 1. The number of thioether (sulfide) groups is 1. The lowest BCUT2D eigenvalue weighted by Crippen LogP contribution is -2.33. The Hall–Kier alpha value is 0.310. The van der Waals surface area contributed by atoms with Crippen LogP contribution >= 0.6 is 11.8 Å². The third kappa shape index (κ3) is 5.90. The molecule has 1 nitrogen and oxygen atoms in total. The fraction of sp³-hybridized carbons (Fsp3) is 1.00. The van der Waals surface area contributed by atoms with E-state index in [4.69, 9.17) is 0 Å². The molecular weight excluding hydrogens is 166 g/mol. The molecule has 1 N–H and O–H groups in total. The largest absolute Gasteiger partial charge is 0.316 e. The van der Waals surface area contributed by atoms with Gasteiger partial charge in [-0.2, -0.15) is 11.8 Å². The van der Waals surface area contributed by atoms with Crippen LogP contribution in [0.25, 0.3) is 0 Å². The van der Waals surface area contributed by atoms with Gasteiger partial charge in [0.15, 0.2) is 0 Å². The van der Waals surface area contributed by atoms with Crippen LogP contribution in [0, 0.1) is 11.8 Å². The lowest BCUT2D eigenvalue weighted by molar-refractivity contribution is 0.465. The SMILES string of the molecule is CNC(CSCC(C)C)C(C)C. The molecular formula is C10H23NS. The molecule has 0 aliphatic carbocycles. The minimum atomic E-state index is 0.675. The molecule has 0 aliphatic heterocycles. The maximum Gasteiger partial charge on any atom is 0.0178 e. The second-order valence-electron chi connectivity index (χ2n) is 4.07. The summed E-state index contributed by atoms with van der Waals surface area (Å²) >= 11 is 2.06. The van der Waals surface area contributed by atoms with Crippen molar-refractivity contribution in [2.75, 3.05) is 18.6 Å². The summed E-state index contributed by atoms with van der Waals surface area (Å²) in [6.45, 7) is 9.10. The van der Waals surface area contributed by atoms with E-state index in [1.165, 1.54) is 11.5 Å². The summed E-state index contributed by atoms with van der Waals surface area (Å²) in [5.74, 6) is 4.09. The molecule has 0 aromatic carbocycles. The second-order valence-corrected chi connectivity index (χ2v) is 5.15. The molecule has 0 aromatic rings. The predicted molar refractivity (Wildman–Crippen MR) is 59.8 cm³/mol. The third-order valence-corrected chi connectivity index (χ3v) is 3.42. The van der Waals surface area contributed by atoms with E-state index in [0.29, 0.717) is 6.04 Å². The Morgan fingerprint density at radius 1 is 1.08 bits per heavy atom. The molecule has 0 aliphatic rings. The Bertz CT molecular complexity index is 102. The first-order valence-electron chi connectivity index (χ1n) is 4.83. The van der Waals surface area contributed by atoms with Crippen molar-refractivity contribution in [1.29, 1.82) is 0 Å². The molecule has 1 atom stereocenters. The summed E-state index contributed by atoms with van der Waals surface area (Å²) in [6, 6.07) is 0.675. The van der Waals surface area contributed by atoms with Gasteiger partial charge in [-0.15, -0.1) is 0 Å². The van der Waals surface area contributed by atoms with Crippen LogP contribution in [-0.4, -0.2) is 24.6 Å². The van der Waals surface area contributed by atoms with Crippen LogP contribution in [-0.2, 0) is 0 Å². The van der Waals surface area contributed by atoms with E-state index >= 15 is 0 Å². The number of hydrogen-bond acceptors (Lipinski definition) is 2. The van der Waals surface area contributed by atoms with Crippen molar-refractivity contribution in [3.05, 3.63) is 0 Å². The molecule has 0 heterocycles. The molecule has 0 bridgehead atoms. The molecule has 0 fully saturated rings. The zero-order chi connectivity index (χ0) is 9.56. The van der Waals surface area contributed by atoms with Crippen LogP contribution in [0.15, 0.2) is 0 Å². The van der Waals surface area contributed by atoms with Gasteiger partial charge in [0.25, 0.3) is 0 Å². The molecule has 12 heavy (non-hydrogen) atoms. The smallest absolute Gasteiger partial charge is 0.0178 e. The van der Waals surface area contributed by atoms with Crippen LogP contribution in [0.1, 0.15) is 27.7 Å². The van der Waals surface area contributed by atoms with Gasteiger partial charge in [-0.1, -0.05) is 27.7 Å². The van der Waals surface area contributed by atoms with Gasteiger partial charge in [0.2, 0.25) is 0 Å². The summed E-state index contributed by atoms with van der Waals surface area (Å²) < 4.78 is 0. The highest BCUT2D eigenvalue weighted by molar-refractivity contribution is 7.99. The average molecular weight is 189 g/mol. The van der Waals surface area contributed by atoms with Crippen molar-refractivity contribution in [2.45, 2.75) is 33.7 Å². The van der Waals surface area contributed by atoms with Gasteiger partial charge in [-0.3, -0.25) is 0 Å². The van der Waals surface area contributed by atoms with Crippen LogP contribution in [0.3, 0.4) is 0 Å². The fourth-order valence-corrected chi connectivity index (χ4v) is 2.45. The van der Waals surface area contributed by atoms with Crippen LogP contribution in [0.5, 0.6) is 0 Å². The Balaban J connectivity index is 3.45. The molecule has 0 amide bonds. The van der Waals surface area contributed by atoms with E-state index < -0.39 is 0 Å². The lowest BCUT2D eigenvalue weighted by atomic mass is 10.1. The average Bonchev–Trinajstić information content (AvgIpc) is 1.96. The summed E-state index contributed by atoms with van der Waals surface area (Å²) in [7, 11) is 2.06. The first-order chi connectivity index (χ1) is 5.57. The summed E-state index contributed by atoms with van der Waals surface area (Å²) in [6.07, 6.45) is 0. The van der Waals surface area contributed by atoms with Gasteiger partial charge in [0.1, 0.15) is 0 Å². The molecule has 0 rings (SSSR count). The van der Waals surface area contributed by atoms with E-state index in [0.717, 1.165) is 11.8 Å². The summed E-state index contributed by atoms with van der Waals surface area (Å²) in [5, 5.41) is 3.35. The lowest BCUT2D eigenvalue weighted by Gasteiger charge is -2.19. The number of nitrogens with one attached hydrogen (secondary N) is 1. The van der Waals surface area contributed by atoms with E-state index in [2.05, 4.69) is 51.8 Å². The third-order valence-electron chi connectivity index (χ3n) is 1.92. The normalized spacial score (nSPS) is 14.2. The monoisotopic (exact) mass is 189 g/mol. The summed E-state index contributed by atoms with van der Waals surface area (Å²) in [4.78, 5) is 0. The molecule has 0 radical (unpaired) electrons. The van der Waals surface area contributed by atoms with E-state index in [1.807, 2.05) is 0 Å². The van der Waals surface area contributed by atoms with Crippen LogP contribution in [0.4, 0.5) is 0 Å². The van der Waals surface area contributed by atoms with Gasteiger partial charge < -0.3 is 5.32 Å². The van der Waals surface area contributed by atoms with Crippen molar-refractivity contribution >= 4 is 11.8 Å². The summed E-state index contributed by atoms with van der Waals surface area (Å²) in [5.41, 5.74) is 0. The zero-order valence-corrected chi connectivity index (χ0v) is 9.87. The standard InChI is InChI=1S/C10H23NS/c1-8(2)6-12-7-10(11-5)9(3)4/h8-11H,6-7H2,1-5H3. The van der Waals surface area contributed by atoms with Crippen molar-refractivity contribution in [1.82, 2.24) is 5.32 Å². The van der Waals surface area contributed by atoms with Gasteiger partial charge in [-0.25, -0.2) is 0 Å². The first-order valence-corrected chi connectivity index (χ1v) is 5.98. The van der Waals surface area contributed by atoms with Crippen LogP contribution < -0.4 is 5.32 Å². The van der Waals surface area contributed by atoms with Gasteiger partial charge in [-0.05, 0) is 24.6 Å². The van der Waals surface area contributed by atoms with Gasteiger partial charge in [0.05, 0.1) is 0 Å². The number of rotatable bonds is 6. The molecule has 1 unspecified atom stereocenters. The van der Waals surface area contributed by atoms with Crippen molar-refractivity contribution in [3.8, 4) is 0 Å². The Morgan fingerprint density at radius 2 is 1.67 bits per heavy atom. The van der Waals surface area contributed by atoms with E-state index in [9.17, 15) is 0 Å². The molecule has 0 saturated heterocycles. The van der Waals surface area contributed by atoms with Crippen molar-refractivity contribution < 1.29 is 0 Å². The van der Waals surface area contributed by atoms with Gasteiger partial charge >= 0.3 is 0 Å². The predicted octanol–water partition coefficient (Wildman–Crippen LogP) is 2.62. The minimum Gasteiger partial charge on any atom is -0.316 e. The van der Waals surface area contributed by atoms with E-state index in [1.54, 1.807) is 0 Å². The Labute approximate surface area is 81.7 Å². The maximum absolute atomic E-state index is 3.35.